The SMILES string of the molecule is C=C(O)CCc1ccc(O)c(/N=N/c2ccc(C=O)cc2)c1. The average Bonchev–Trinajstić information content (AvgIpc) is 2.53. The van der Waals surface area contributed by atoms with Crippen LogP contribution < -0.4 is 0 Å². The van der Waals surface area contributed by atoms with Crippen molar-refractivity contribution >= 4 is 17.7 Å². The molecule has 0 unspecified atom stereocenters. The highest BCUT2D eigenvalue weighted by Gasteiger charge is 2.03. The summed E-state index contributed by atoms with van der Waals surface area (Å²) in [6.07, 6.45) is 1.81. The van der Waals surface area contributed by atoms with Crippen molar-refractivity contribution in [2.24, 2.45) is 10.2 Å². The molecule has 0 fully saturated rings. The van der Waals surface area contributed by atoms with E-state index in [1.165, 1.54) is 0 Å². The lowest BCUT2D eigenvalue weighted by atomic mass is 10.1. The number of aldehydes is 1. The van der Waals surface area contributed by atoms with Crippen molar-refractivity contribution in [2.45, 2.75) is 12.8 Å². The van der Waals surface area contributed by atoms with E-state index < -0.39 is 0 Å². The Bertz CT molecular complexity index is 706. The molecule has 112 valence electrons. The molecule has 2 N–H and O–H groups in total. The lowest BCUT2D eigenvalue weighted by Crippen LogP contribution is -1.87. The molecule has 5 nitrogen and oxygen atoms in total. The smallest absolute Gasteiger partial charge is 0.150 e. The zero-order valence-electron chi connectivity index (χ0n) is 11.9. The molecule has 22 heavy (non-hydrogen) atoms. The van der Waals surface area contributed by atoms with Crippen molar-refractivity contribution in [3.63, 3.8) is 0 Å². The van der Waals surface area contributed by atoms with Crippen LogP contribution in [-0.4, -0.2) is 16.5 Å². The average molecular weight is 296 g/mol. The second-order valence-electron chi connectivity index (χ2n) is 4.80. The van der Waals surface area contributed by atoms with Gasteiger partial charge in [-0.3, -0.25) is 4.79 Å². The van der Waals surface area contributed by atoms with Crippen LogP contribution in [0, 0.1) is 0 Å². The first kappa shape index (κ1) is 15.4. The Hall–Kier alpha value is -2.95. The van der Waals surface area contributed by atoms with Crippen LogP contribution in [-0.2, 0) is 6.42 Å². The monoisotopic (exact) mass is 296 g/mol. The molecule has 2 aromatic rings. The number of allylic oxidation sites excluding steroid dienone is 1. The van der Waals surface area contributed by atoms with Gasteiger partial charge >= 0.3 is 0 Å². The molecule has 0 amide bonds. The third-order valence-corrected chi connectivity index (χ3v) is 3.04. The van der Waals surface area contributed by atoms with Crippen LogP contribution in [0.4, 0.5) is 11.4 Å². The van der Waals surface area contributed by atoms with E-state index in [4.69, 9.17) is 5.11 Å². The van der Waals surface area contributed by atoms with Crippen LogP contribution in [0.1, 0.15) is 22.3 Å². The summed E-state index contributed by atoms with van der Waals surface area (Å²) in [5.74, 6) is 0.145. The zero-order valence-corrected chi connectivity index (χ0v) is 11.9. The number of azo groups is 1. The van der Waals surface area contributed by atoms with Gasteiger partial charge in [-0.25, -0.2) is 0 Å². The van der Waals surface area contributed by atoms with E-state index in [1.807, 2.05) is 0 Å². The van der Waals surface area contributed by atoms with E-state index in [0.717, 1.165) is 11.8 Å². The highest BCUT2D eigenvalue weighted by Crippen LogP contribution is 2.29. The molecule has 0 atom stereocenters. The van der Waals surface area contributed by atoms with Gasteiger partial charge in [0.2, 0.25) is 0 Å². The lowest BCUT2D eigenvalue weighted by Gasteiger charge is -2.03. The largest absolute Gasteiger partial charge is 0.513 e. The van der Waals surface area contributed by atoms with Crippen molar-refractivity contribution in [2.75, 3.05) is 0 Å². The minimum atomic E-state index is 0.0276. The predicted octanol–water partition coefficient (Wildman–Crippen LogP) is 4.62. The summed E-state index contributed by atoms with van der Waals surface area (Å²) >= 11 is 0. The molecular weight excluding hydrogens is 280 g/mol. The molecule has 0 radical (unpaired) electrons. The maximum atomic E-state index is 10.6. The molecule has 5 heteroatoms. The van der Waals surface area contributed by atoms with Gasteiger partial charge in [0.05, 0.1) is 11.4 Å². The number of aryl methyl sites for hydroxylation is 1. The number of rotatable bonds is 6. The van der Waals surface area contributed by atoms with Gasteiger partial charge in [0.15, 0.2) is 0 Å². The molecule has 2 aromatic carbocycles. The summed E-state index contributed by atoms with van der Waals surface area (Å²) < 4.78 is 0. The van der Waals surface area contributed by atoms with E-state index in [9.17, 15) is 9.90 Å². The molecule has 0 aliphatic heterocycles. The maximum Gasteiger partial charge on any atom is 0.150 e. The van der Waals surface area contributed by atoms with Gasteiger partial charge in [0, 0.05) is 12.0 Å². The quantitative estimate of drug-likeness (QED) is 0.463. The fraction of sp³-hybridized carbons (Fsp3) is 0.118. The standard InChI is InChI=1S/C17H16N2O3/c1-12(21)2-3-13-6-9-17(22)16(10-13)19-18-15-7-4-14(11-20)5-8-15/h4-11,21-22H,1-3H2/b19-18+. The molecule has 0 bridgehead atoms. The Labute approximate surface area is 128 Å². The number of nitrogens with zero attached hydrogens (tertiary/aromatic N) is 2. The van der Waals surface area contributed by atoms with Crippen molar-refractivity contribution in [3.05, 3.63) is 65.9 Å². The van der Waals surface area contributed by atoms with E-state index in [0.29, 0.717) is 29.8 Å². The molecule has 0 aliphatic rings. The number of phenolic OH excluding ortho intramolecular Hbond substituents is 1. The first-order valence-electron chi connectivity index (χ1n) is 6.74. The summed E-state index contributed by atoms with van der Waals surface area (Å²) in [6.45, 7) is 3.44. The van der Waals surface area contributed by atoms with Gasteiger partial charge in [-0.2, -0.15) is 5.11 Å². The first-order valence-corrected chi connectivity index (χ1v) is 6.74. The van der Waals surface area contributed by atoms with Crippen molar-refractivity contribution < 1.29 is 15.0 Å². The number of aliphatic hydroxyl groups is 1. The Morgan fingerprint density at radius 1 is 1.14 bits per heavy atom. The number of aromatic hydroxyl groups is 1. The normalized spacial score (nSPS) is 10.7. The fourth-order valence-corrected chi connectivity index (χ4v) is 1.82. The van der Waals surface area contributed by atoms with Gasteiger partial charge in [0.25, 0.3) is 0 Å². The Morgan fingerprint density at radius 2 is 1.86 bits per heavy atom. The highest BCUT2D eigenvalue weighted by atomic mass is 16.3. The molecule has 2 rings (SSSR count). The summed E-state index contributed by atoms with van der Waals surface area (Å²) in [4.78, 5) is 10.6. The number of aliphatic hydroxyl groups excluding tert-OH is 1. The van der Waals surface area contributed by atoms with Crippen molar-refractivity contribution in [1.82, 2.24) is 0 Å². The molecule has 0 spiro atoms. The number of hydrogen-bond acceptors (Lipinski definition) is 5. The number of phenols is 1. The minimum Gasteiger partial charge on any atom is -0.513 e. The molecule has 0 saturated carbocycles. The van der Waals surface area contributed by atoms with Gasteiger partial charge in [-0.1, -0.05) is 12.6 Å². The van der Waals surface area contributed by atoms with E-state index in [2.05, 4.69) is 16.8 Å². The zero-order chi connectivity index (χ0) is 15.9. The van der Waals surface area contributed by atoms with Crippen LogP contribution in [0.15, 0.2) is 65.0 Å². The third-order valence-electron chi connectivity index (χ3n) is 3.04. The van der Waals surface area contributed by atoms with Crippen LogP contribution in [0.2, 0.25) is 0 Å². The van der Waals surface area contributed by atoms with Gasteiger partial charge in [-0.15, -0.1) is 5.11 Å². The van der Waals surface area contributed by atoms with Gasteiger partial charge < -0.3 is 10.2 Å². The van der Waals surface area contributed by atoms with E-state index in [1.54, 1.807) is 42.5 Å². The second kappa shape index (κ2) is 7.17. The van der Waals surface area contributed by atoms with E-state index in [-0.39, 0.29) is 11.5 Å². The van der Waals surface area contributed by atoms with E-state index >= 15 is 0 Å². The Balaban J connectivity index is 2.16. The topological polar surface area (TPSA) is 82.2 Å². The van der Waals surface area contributed by atoms with Crippen molar-refractivity contribution in [1.29, 1.82) is 0 Å². The van der Waals surface area contributed by atoms with Crippen LogP contribution in [0.3, 0.4) is 0 Å². The minimum absolute atomic E-state index is 0.0276. The molecule has 0 aromatic heterocycles. The predicted molar refractivity (Wildman–Crippen MR) is 84.2 cm³/mol. The van der Waals surface area contributed by atoms with Gasteiger partial charge in [0.1, 0.15) is 17.7 Å². The highest BCUT2D eigenvalue weighted by molar-refractivity contribution is 5.75. The van der Waals surface area contributed by atoms with Gasteiger partial charge in [-0.05, 0) is 48.4 Å². The number of carbonyl (C=O) groups excluding carboxylic acids is 1. The second-order valence-corrected chi connectivity index (χ2v) is 4.80. The lowest BCUT2D eigenvalue weighted by molar-refractivity contribution is 0.112. The summed E-state index contributed by atoms with van der Waals surface area (Å²) in [7, 11) is 0. The molecule has 0 saturated heterocycles. The number of carbonyl (C=O) groups is 1. The van der Waals surface area contributed by atoms with Crippen LogP contribution in [0.25, 0.3) is 0 Å². The molecule has 0 heterocycles. The van der Waals surface area contributed by atoms with Crippen LogP contribution >= 0.6 is 0 Å². The first-order chi connectivity index (χ1) is 10.6. The molecular formula is C17H16N2O3. The van der Waals surface area contributed by atoms with Crippen LogP contribution in [0.5, 0.6) is 5.75 Å². The molecule has 0 aliphatic carbocycles. The number of hydrogen-bond donors (Lipinski definition) is 2. The maximum absolute atomic E-state index is 10.6. The summed E-state index contributed by atoms with van der Waals surface area (Å²) in [5, 5.41) is 27.0. The fourth-order valence-electron chi connectivity index (χ4n) is 1.82. The summed E-state index contributed by atoms with van der Waals surface area (Å²) in [6, 6.07) is 11.6. The number of benzene rings is 2. The Kier molecular flexibility index (Phi) is 5.03. The Morgan fingerprint density at radius 3 is 2.50 bits per heavy atom. The summed E-state index contributed by atoms with van der Waals surface area (Å²) in [5.41, 5.74) is 2.41. The van der Waals surface area contributed by atoms with Crippen molar-refractivity contribution in [3.8, 4) is 5.75 Å². The third kappa shape index (κ3) is 4.28.